The minimum absolute atomic E-state index is 0.192. The molecule has 0 aliphatic heterocycles. The molecule has 0 spiro atoms. The van der Waals surface area contributed by atoms with Gasteiger partial charge in [-0.15, -0.1) is 0 Å². The van der Waals surface area contributed by atoms with Gasteiger partial charge in [-0.25, -0.2) is 0 Å². The number of carbonyl (C=O) groups is 2. The Morgan fingerprint density at radius 1 is 1.08 bits per heavy atom. The topological polar surface area (TPSA) is 73.9 Å². The van der Waals surface area contributed by atoms with Crippen molar-refractivity contribution in [3.63, 3.8) is 0 Å². The SMILES string of the molecule is COC(=O)CCNC(Cc1ccc(OC)cc1)C(C)(C)C(=O)OC. The highest BCUT2D eigenvalue weighted by molar-refractivity contribution is 5.76. The number of hydrogen-bond donors (Lipinski definition) is 1. The zero-order valence-corrected chi connectivity index (χ0v) is 15.0. The Kier molecular flexibility index (Phi) is 7.71. The summed E-state index contributed by atoms with van der Waals surface area (Å²) in [6.45, 7) is 4.09. The van der Waals surface area contributed by atoms with Gasteiger partial charge in [0.25, 0.3) is 0 Å². The lowest BCUT2D eigenvalue weighted by Gasteiger charge is -2.32. The van der Waals surface area contributed by atoms with Gasteiger partial charge in [0.2, 0.25) is 0 Å². The molecular formula is C18H27NO5. The van der Waals surface area contributed by atoms with Gasteiger partial charge in [-0.3, -0.25) is 9.59 Å². The summed E-state index contributed by atoms with van der Waals surface area (Å²) in [5.41, 5.74) is 0.313. The van der Waals surface area contributed by atoms with Crippen molar-refractivity contribution < 1.29 is 23.8 Å². The summed E-state index contributed by atoms with van der Waals surface area (Å²) in [6.07, 6.45) is 0.861. The van der Waals surface area contributed by atoms with Gasteiger partial charge in [0.1, 0.15) is 5.75 Å². The summed E-state index contributed by atoms with van der Waals surface area (Å²) in [5.74, 6) is 0.189. The van der Waals surface area contributed by atoms with Crippen LogP contribution >= 0.6 is 0 Å². The first kappa shape index (κ1) is 20.0. The number of esters is 2. The van der Waals surface area contributed by atoms with Gasteiger partial charge in [0.05, 0.1) is 33.2 Å². The van der Waals surface area contributed by atoms with E-state index < -0.39 is 5.41 Å². The van der Waals surface area contributed by atoms with Crippen molar-refractivity contribution in [3.05, 3.63) is 29.8 Å². The van der Waals surface area contributed by atoms with Crippen LogP contribution in [-0.2, 0) is 25.5 Å². The Labute approximate surface area is 143 Å². The molecule has 0 aliphatic carbocycles. The van der Waals surface area contributed by atoms with E-state index in [0.29, 0.717) is 13.0 Å². The standard InChI is InChI=1S/C18H27NO5/c1-18(2,17(21)24-5)15(19-11-10-16(20)23-4)12-13-6-8-14(22-3)9-7-13/h6-9,15,19H,10-12H2,1-5H3. The molecule has 6 nitrogen and oxygen atoms in total. The number of carbonyl (C=O) groups excluding carboxylic acids is 2. The van der Waals surface area contributed by atoms with Crippen LogP contribution < -0.4 is 10.1 Å². The van der Waals surface area contributed by atoms with Crippen LogP contribution in [0.2, 0.25) is 0 Å². The van der Waals surface area contributed by atoms with E-state index in [4.69, 9.17) is 9.47 Å². The largest absolute Gasteiger partial charge is 0.497 e. The number of hydrogen-bond acceptors (Lipinski definition) is 6. The van der Waals surface area contributed by atoms with Crippen molar-refractivity contribution in [1.82, 2.24) is 5.32 Å². The second-order valence-corrected chi connectivity index (χ2v) is 6.10. The van der Waals surface area contributed by atoms with Gasteiger partial charge in [0.15, 0.2) is 0 Å². The van der Waals surface area contributed by atoms with Crippen molar-refractivity contribution in [2.75, 3.05) is 27.9 Å². The lowest BCUT2D eigenvalue weighted by molar-refractivity contribution is -0.152. The summed E-state index contributed by atoms with van der Waals surface area (Å²) in [5, 5.41) is 3.28. The predicted molar refractivity (Wildman–Crippen MR) is 90.9 cm³/mol. The smallest absolute Gasteiger partial charge is 0.312 e. The fourth-order valence-corrected chi connectivity index (χ4v) is 2.44. The van der Waals surface area contributed by atoms with E-state index in [1.165, 1.54) is 14.2 Å². The van der Waals surface area contributed by atoms with E-state index in [9.17, 15) is 9.59 Å². The third-order valence-electron chi connectivity index (χ3n) is 4.13. The Hall–Kier alpha value is -2.08. The molecule has 0 bridgehead atoms. The molecule has 0 aromatic heterocycles. The first-order valence-corrected chi connectivity index (χ1v) is 7.86. The van der Waals surface area contributed by atoms with Crippen LogP contribution in [0.25, 0.3) is 0 Å². The average Bonchev–Trinajstić information content (AvgIpc) is 2.60. The number of rotatable bonds is 9. The molecule has 24 heavy (non-hydrogen) atoms. The van der Waals surface area contributed by atoms with E-state index in [1.807, 2.05) is 38.1 Å². The Morgan fingerprint density at radius 3 is 2.21 bits per heavy atom. The number of nitrogens with one attached hydrogen (secondary N) is 1. The highest BCUT2D eigenvalue weighted by Gasteiger charge is 2.37. The van der Waals surface area contributed by atoms with Crippen LogP contribution in [0.1, 0.15) is 25.8 Å². The molecule has 0 amide bonds. The Morgan fingerprint density at radius 2 is 1.71 bits per heavy atom. The molecule has 0 saturated heterocycles. The number of methoxy groups -OCH3 is 3. The number of ether oxygens (including phenoxy) is 3. The van der Waals surface area contributed by atoms with E-state index in [-0.39, 0.29) is 24.4 Å². The lowest BCUT2D eigenvalue weighted by atomic mass is 9.81. The monoisotopic (exact) mass is 337 g/mol. The quantitative estimate of drug-likeness (QED) is 0.695. The minimum atomic E-state index is -0.745. The fourth-order valence-electron chi connectivity index (χ4n) is 2.44. The zero-order chi connectivity index (χ0) is 18.2. The maximum Gasteiger partial charge on any atom is 0.312 e. The van der Waals surface area contributed by atoms with Crippen LogP contribution in [0, 0.1) is 5.41 Å². The second-order valence-electron chi connectivity index (χ2n) is 6.10. The molecule has 0 heterocycles. The summed E-state index contributed by atoms with van der Waals surface area (Å²) in [4.78, 5) is 23.4. The molecule has 1 aromatic rings. The third-order valence-corrected chi connectivity index (χ3v) is 4.13. The molecule has 1 N–H and O–H groups in total. The van der Waals surface area contributed by atoms with E-state index >= 15 is 0 Å². The molecule has 1 rings (SSSR count). The summed E-state index contributed by atoms with van der Waals surface area (Å²) in [7, 11) is 4.35. The van der Waals surface area contributed by atoms with Crippen LogP contribution in [0.4, 0.5) is 0 Å². The minimum Gasteiger partial charge on any atom is -0.497 e. The number of benzene rings is 1. The average molecular weight is 337 g/mol. The van der Waals surface area contributed by atoms with Crippen molar-refractivity contribution in [2.24, 2.45) is 5.41 Å². The zero-order valence-electron chi connectivity index (χ0n) is 15.0. The van der Waals surface area contributed by atoms with Crippen molar-refractivity contribution >= 4 is 11.9 Å². The fraction of sp³-hybridized carbons (Fsp3) is 0.556. The molecule has 0 aliphatic rings. The molecule has 134 valence electrons. The molecule has 1 aromatic carbocycles. The van der Waals surface area contributed by atoms with E-state index in [0.717, 1.165) is 11.3 Å². The molecule has 0 radical (unpaired) electrons. The summed E-state index contributed by atoms with van der Waals surface area (Å²) < 4.78 is 14.7. The molecule has 6 heteroatoms. The summed E-state index contributed by atoms with van der Waals surface area (Å²) in [6, 6.07) is 7.49. The highest BCUT2D eigenvalue weighted by Crippen LogP contribution is 2.26. The van der Waals surface area contributed by atoms with E-state index in [2.05, 4.69) is 10.1 Å². The molecule has 0 saturated carbocycles. The first-order valence-electron chi connectivity index (χ1n) is 7.86. The van der Waals surface area contributed by atoms with Crippen LogP contribution in [0.5, 0.6) is 5.75 Å². The van der Waals surface area contributed by atoms with Gasteiger partial charge in [-0.1, -0.05) is 12.1 Å². The molecule has 1 unspecified atom stereocenters. The van der Waals surface area contributed by atoms with Crippen LogP contribution in [-0.4, -0.2) is 45.9 Å². The van der Waals surface area contributed by atoms with Crippen molar-refractivity contribution in [2.45, 2.75) is 32.7 Å². The van der Waals surface area contributed by atoms with E-state index in [1.54, 1.807) is 7.11 Å². The molecule has 1 atom stereocenters. The third kappa shape index (κ3) is 5.53. The highest BCUT2D eigenvalue weighted by atomic mass is 16.5. The Bertz CT molecular complexity index is 539. The maximum atomic E-state index is 12.1. The second kappa shape index (κ2) is 9.27. The maximum absolute atomic E-state index is 12.1. The molecular weight excluding hydrogens is 310 g/mol. The first-order chi connectivity index (χ1) is 11.3. The molecule has 0 fully saturated rings. The van der Waals surface area contributed by atoms with Gasteiger partial charge in [-0.05, 0) is 38.0 Å². The normalized spacial score (nSPS) is 12.4. The van der Waals surface area contributed by atoms with Crippen molar-refractivity contribution in [1.29, 1.82) is 0 Å². The van der Waals surface area contributed by atoms with Crippen LogP contribution in [0.3, 0.4) is 0 Å². The lowest BCUT2D eigenvalue weighted by Crippen LogP contribution is -2.49. The predicted octanol–water partition coefficient (Wildman–Crippen LogP) is 1.96. The van der Waals surface area contributed by atoms with Gasteiger partial charge < -0.3 is 19.5 Å². The van der Waals surface area contributed by atoms with Crippen LogP contribution in [0.15, 0.2) is 24.3 Å². The van der Waals surface area contributed by atoms with Gasteiger partial charge >= 0.3 is 11.9 Å². The summed E-state index contributed by atoms with van der Waals surface area (Å²) >= 11 is 0. The Balaban J connectivity index is 2.86. The van der Waals surface area contributed by atoms with Gasteiger partial charge in [-0.2, -0.15) is 0 Å². The van der Waals surface area contributed by atoms with Gasteiger partial charge in [0, 0.05) is 12.6 Å². The van der Waals surface area contributed by atoms with Crippen molar-refractivity contribution in [3.8, 4) is 5.75 Å².